The molecular weight excluding hydrogens is 250 g/mol. The summed E-state index contributed by atoms with van der Waals surface area (Å²) in [6.45, 7) is 6.20. The van der Waals surface area contributed by atoms with Crippen molar-refractivity contribution in [3.05, 3.63) is 58.9 Å². The fraction of sp³-hybridized carbons (Fsp3) is 0.353. The molecule has 1 aromatic carbocycles. The summed E-state index contributed by atoms with van der Waals surface area (Å²) in [5.41, 5.74) is 3.87. The van der Waals surface area contributed by atoms with Gasteiger partial charge in [0.25, 0.3) is 0 Å². The van der Waals surface area contributed by atoms with Crippen LogP contribution in [0.5, 0.6) is 0 Å². The molecule has 0 aliphatic heterocycles. The summed E-state index contributed by atoms with van der Waals surface area (Å²) >= 11 is 0. The predicted octanol–water partition coefficient (Wildman–Crippen LogP) is 4.06. The highest BCUT2D eigenvalue weighted by molar-refractivity contribution is 5.86. The van der Waals surface area contributed by atoms with E-state index in [1.165, 1.54) is 11.1 Å². The largest absolute Gasteiger partial charge is 0.477 e. The Labute approximate surface area is 119 Å². The highest BCUT2D eigenvalue weighted by Crippen LogP contribution is 2.22. The molecule has 0 bridgehead atoms. The molecule has 0 amide bonds. The number of benzene rings is 1. The van der Waals surface area contributed by atoms with Crippen LogP contribution in [0.3, 0.4) is 0 Å². The molecular formula is C17H21NO2. The zero-order chi connectivity index (χ0) is 14.7. The van der Waals surface area contributed by atoms with Crippen molar-refractivity contribution in [3.8, 4) is 0 Å². The van der Waals surface area contributed by atoms with E-state index in [1.807, 2.05) is 10.6 Å². The molecule has 1 aromatic heterocycles. The second-order valence-electron chi connectivity index (χ2n) is 5.30. The van der Waals surface area contributed by atoms with Crippen LogP contribution in [0.2, 0.25) is 0 Å². The summed E-state index contributed by atoms with van der Waals surface area (Å²) in [6, 6.07) is 12.2. The van der Waals surface area contributed by atoms with Gasteiger partial charge in [0.05, 0.1) is 0 Å². The SMILES string of the molecule is CCC(C)n1c(Cc2ccc(C)cc2)ccc1C(=O)O. The molecule has 106 valence electrons. The van der Waals surface area contributed by atoms with Gasteiger partial charge in [-0.15, -0.1) is 0 Å². The zero-order valence-corrected chi connectivity index (χ0v) is 12.3. The average Bonchev–Trinajstić information content (AvgIpc) is 2.84. The minimum Gasteiger partial charge on any atom is -0.477 e. The number of hydrogen-bond acceptors (Lipinski definition) is 1. The third-order valence-electron chi connectivity index (χ3n) is 3.76. The van der Waals surface area contributed by atoms with Gasteiger partial charge in [-0.25, -0.2) is 4.79 Å². The first-order valence-corrected chi connectivity index (χ1v) is 7.02. The third kappa shape index (κ3) is 2.93. The van der Waals surface area contributed by atoms with Crippen LogP contribution in [0.1, 0.15) is 53.6 Å². The van der Waals surface area contributed by atoms with Crippen molar-refractivity contribution in [2.45, 2.75) is 39.7 Å². The van der Waals surface area contributed by atoms with E-state index in [0.29, 0.717) is 5.69 Å². The second-order valence-corrected chi connectivity index (χ2v) is 5.30. The number of carboxylic acids is 1. The molecule has 2 aromatic rings. The van der Waals surface area contributed by atoms with Crippen molar-refractivity contribution >= 4 is 5.97 Å². The molecule has 1 heterocycles. The van der Waals surface area contributed by atoms with Gasteiger partial charge in [0.2, 0.25) is 0 Å². The van der Waals surface area contributed by atoms with Crippen molar-refractivity contribution in [2.24, 2.45) is 0 Å². The molecule has 0 saturated heterocycles. The summed E-state index contributed by atoms with van der Waals surface area (Å²) < 4.78 is 1.95. The van der Waals surface area contributed by atoms with Crippen molar-refractivity contribution < 1.29 is 9.90 Å². The smallest absolute Gasteiger partial charge is 0.352 e. The van der Waals surface area contributed by atoms with E-state index < -0.39 is 5.97 Å². The third-order valence-corrected chi connectivity index (χ3v) is 3.76. The number of aromatic nitrogens is 1. The normalized spacial score (nSPS) is 12.3. The van der Waals surface area contributed by atoms with Crippen LogP contribution in [0.4, 0.5) is 0 Å². The van der Waals surface area contributed by atoms with Crippen molar-refractivity contribution in [3.63, 3.8) is 0 Å². The number of hydrogen-bond donors (Lipinski definition) is 1. The molecule has 3 heteroatoms. The standard InChI is InChI=1S/C17H21NO2/c1-4-13(3)18-15(9-10-16(18)17(19)20)11-14-7-5-12(2)6-8-14/h5-10,13H,4,11H2,1-3H3,(H,19,20). The highest BCUT2D eigenvalue weighted by atomic mass is 16.4. The Bertz CT molecular complexity index is 596. The van der Waals surface area contributed by atoms with Gasteiger partial charge in [0.15, 0.2) is 0 Å². The van der Waals surface area contributed by atoms with Crippen LogP contribution in [0, 0.1) is 6.92 Å². The first kappa shape index (κ1) is 14.4. The van der Waals surface area contributed by atoms with Crippen LogP contribution < -0.4 is 0 Å². The van der Waals surface area contributed by atoms with Crippen LogP contribution >= 0.6 is 0 Å². The molecule has 1 unspecified atom stereocenters. The maximum atomic E-state index is 11.3. The van der Waals surface area contributed by atoms with Gasteiger partial charge >= 0.3 is 5.97 Å². The Kier molecular flexibility index (Phi) is 4.28. The molecule has 0 aliphatic rings. The quantitative estimate of drug-likeness (QED) is 0.891. The van der Waals surface area contributed by atoms with E-state index in [1.54, 1.807) is 6.07 Å². The van der Waals surface area contributed by atoms with E-state index in [-0.39, 0.29) is 6.04 Å². The molecule has 0 spiro atoms. The number of carboxylic acid groups (broad SMARTS) is 1. The van der Waals surface area contributed by atoms with Crippen LogP contribution in [0.15, 0.2) is 36.4 Å². The number of nitrogens with zero attached hydrogens (tertiary/aromatic N) is 1. The van der Waals surface area contributed by atoms with E-state index in [9.17, 15) is 9.90 Å². The fourth-order valence-corrected chi connectivity index (χ4v) is 2.43. The fourth-order valence-electron chi connectivity index (χ4n) is 2.43. The van der Waals surface area contributed by atoms with Gasteiger partial charge in [0, 0.05) is 18.2 Å². The average molecular weight is 271 g/mol. The minimum atomic E-state index is -0.861. The second kappa shape index (κ2) is 5.95. The Morgan fingerprint density at radius 2 is 1.85 bits per heavy atom. The number of carbonyl (C=O) groups is 1. The summed E-state index contributed by atoms with van der Waals surface area (Å²) in [6.07, 6.45) is 1.67. The molecule has 2 rings (SSSR count). The van der Waals surface area contributed by atoms with E-state index in [0.717, 1.165) is 18.5 Å². The molecule has 1 atom stereocenters. The molecule has 0 aliphatic carbocycles. The lowest BCUT2D eigenvalue weighted by atomic mass is 10.1. The van der Waals surface area contributed by atoms with Crippen molar-refractivity contribution in [2.75, 3.05) is 0 Å². The molecule has 0 saturated carbocycles. The van der Waals surface area contributed by atoms with Gasteiger partial charge in [-0.3, -0.25) is 0 Å². The van der Waals surface area contributed by atoms with Crippen molar-refractivity contribution in [1.29, 1.82) is 0 Å². The summed E-state index contributed by atoms with van der Waals surface area (Å²) in [5, 5.41) is 9.31. The lowest BCUT2D eigenvalue weighted by Gasteiger charge is -2.18. The Balaban J connectivity index is 2.36. The van der Waals surface area contributed by atoms with E-state index in [4.69, 9.17) is 0 Å². The maximum Gasteiger partial charge on any atom is 0.352 e. The van der Waals surface area contributed by atoms with E-state index in [2.05, 4.69) is 45.0 Å². The monoisotopic (exact) mass is 271 g/mol. The van der Waals surface area contributed by atoms with Crippen LogP contribution in [0.25, 0.3) is 0 Å². The lowest BCUT2D eigenvalue weighted by Crippen LogP contribution is -2.15. The van der Waals surface area contributed by atoms with Gasteiger partial charge in [-0.05, 0) is 38.0 Å². The van der Waals surface area contributed by atoms with Gasteiger partial charge < -0.3 is 9.67 Å². The summed E-state index contributed by atoms with van der Waals surface area (Å²) in [5.74, 6) is -0.861. The summed E-state index contributed by atoms with van der Waals surface area (Å²) in [7, 11) is 0. The molecule has 3 nitrogen and oxygen atoms in total. The maximum absolute atomic E-state index is 11.3. The zero-order valence-electron chi connectivity index (χ0n) is 12.3. The molecule has 0 radical (unpaired) electrons. The summed E-state index contributed by atoms with van der Waals surface area (Å²) in [4.78, 5) is 11.3. The van der Waals surface area contributed by atoms with E-state index >= 15 is 0 Å². The lowest BCUT2D eigenvalue weighted by molar-refractivity contribution is 0.0682. The Morgan fingerprint density at radius 1 is 1.20 bits per heavy atom. The number of aromatic carboxylic acids is 1. The van der Waals surface area contributed by atoms with Gasteiger partial charge in [-0.2, -0.15) is 0 Å². The predicted molar refractivity (Wildman–Crippen MR) is 80.4 cm³/mol. The molecule has 20 heavy (non-hydrogen) atoms. The van der Waals surface area contributed by atoms with Gasteiger partial charge in [0.1, 0.15) is 5.69 Å². The first-order valence-electron chi connectivity index (χ1n) is 7.02. The topological polar surface area (TPSA) is 42.2 Å². The van der Waals surface area contributed by atoms with Gasteiger partial charge in [-0.1, -0.05) is 36.8 Å². The van der Waals surface area contributed by atoms with Crippen LogP contribution in [-0.4, -0.2) is 15.6 Å². The Hall–Kier alpha value is -2.03. The Morgan fingerprint density at radius 3 is 2.40 bits per heavy atom. The number of rotatable bonds is 5. The first-order chi connectivity index (χ1) is 9.52. The number of aryl methyl sites for hydroxylation is 1. The van der Waals surface area contributed by atoms with Crippen molar-refractivity contribution in [1.82, 2.24) is 4.57 Å². The molecule has 0 fully saturated rings. The van der Waals surface area contributed by atoms with Crippen LogP contribution in [-0.2, 0) is 6.42 Å². The highest BCUT2D eigenvalue weighted by Gasteiger charge is 2.17. The molecule has 1 N–H and O–H groups in total. The minimum absolute atomic E-state index is 0.191.